The first-order valence-electron chi connectivity index (χ1n) is 7.01. The first-order valence-corrected chi connectivity index (χ1v) is 7.55. The lowest BCUT2D eigenvalue weighted by Crippen LogP contribution is -2.45. The molecule has 0 bridgehead atoms. The van der Waals surface area contributed by atoms with Crippen molar-refractivity contribution in [3.05, 3.63) is 22.7 Å². The van der Waals surface area contributed by atoms with E-state index in [2.05, 4.69) is 23.7 Å². The summed E-state index contributed by atoms with van der Waals surface area (Å²) in [6, 6.07) is 0.241. The van der Waals surface area contributed by atoms with E-state index < -0.39 is 0 Å². The predicted octanol–water partition coefficient (Wildman–Crippen LogP) is 2.50. The molecule has 0 saturated carbocycles. The number of halogens is 1. The SMILES string of the molecule is CC(C)Cn1ccnc(N2CCCCC2CCl)c1=O. The van der Waals surface area contributed by atoms with Crippen LogP contribution in [0.25, 0.3) is 0 Å². The normalized spacial score (nSPS) is 20.0. The van der Waals surface area contributed by atoms with Gasteiger partial charge < -0.3 is 9.47 Å². The van der Waals surface area contributed by atoms with E-state index in [9.17, 15) is 4.79 Å². The molecule has 0 N–H and O–H groups in total. The largest absolute Gasteiger partial charge is 0.348 e. The smallest absolute Gasteiger partial charge is 0.293 e. The number of aromatic nitrogens is 2. The van der Waals surface area contributed by atoms with Crippen LogP contribution in [0.4, 0.5) is 5.82 Å². The van der Waals surface area contributed by atoms with Crippen LogP contribution in [-0.4, -0.2) is 28.0 Å². The van der Waals surface area contributed by atoms with Crippen LogP contribution in [0.15, 0.2) is 17.2 Å². The highest BCUT2D eigenvalue weighted by Gasteiger charge is 2.25. The van der Waals surface area contributed by atoms with Gasteiger partial charge in [0.05, 0.1) is 0 Å². The minimum atomic E-state index is 0.00761. The van der Waals surface area contributed by atoms with Crippen molar-refractivity contribution < 1.29 is 0 Å². The van der Waals surface area contributed by atoms with Crippen LogP contribution >= 0.6 is 11.6 Å². The van der Waals surface area contributed by atoms with E-state index in [1.807, 2.05) is 0 Å². The van der Waals surface area contributed by atoms with E-state index in [1.54, 1.807) is 17.0 Å². The molecule has 1 atom stereocenters. The Balaban J connectivity index is 2.31. The topological polar surface area (TPSA) is 38.1 Å². The summed E-state index contributed by atoms with van der Waals surface area (Å²) in [6.45, 7) is 5.82. The lowest BCUT2D eigenvalue weighted by molar-refractivity contribution is 0.473. The van der Waals surface area contributed by atoms with Crippen LogP contribution in [0.2, 0.25) is 0 Å². The second kappa shape index (κ2) is 6.42. The fraction of sp³-hybridized carbons (Fsp3) is 0.714. The van der Waals surface area contributed by atoms with Gasteiger partial charge in [0, 0.05) is 37.4 Å². The zero-order valence-corrected chi connectivity index (χ0v) is 12.4. The van der Waals surface area contributed by atoms with Crippen molar-refractivity contribution in [2.75, 3.05) is 17.3 Å². The summed E-state index contributed by atoms with van der Waals surface area (Å²) >= 11 is 6.02. The molecule has 1 saturated heterocycles. The summed E-state index contributed by atoms with van der Waals surface area (Å²) in [5.74, 6) is 1.56. The van der Waals surface area contributed by atoms with Crippen LogP contribution in [-0.2, 0) is 6.54 Å². The van der Waals surface area contributed by atoms with E-state index in [0.717, 1.165) is 25.9 Å². The molecule has 0 amide bonds. The molecule has 4 nitrogen and oxygen atoms in total. The molecule has 19 heavy (non-hydrogen) atoms. The molecule has 2 rings (SSSR count). The molecule has 106 valence electrons. The van der Waals surface area contributed by atoms with Gasteiger partial charge >= 0.3 is 0 Å². The van der Waals surface area contributed by atoms with Crippen molar-refractivity contribution >= 4 is 17.4 Å². The molecule has 0 aromatic carbocycles. The average Bonchev–Trinajstić information content (AvgIpc) is 2.41. The first kappa shape index (κ1) is 14.4. The molecule has 1 fully saturated rings. The highest BCUT2D eigenvalue weighted by molar-refractivity contribution is 6.18. The minimum Gasteiger partial charge on any atom is -0.348 e. The number of rotatable bonds is 4. The molecule has 1 aliphatic rings. The van der Waals surface area contributed by atoms with Gasteiger partial charge in [-0.15, -0.1) is 11.6 Å². The summed E-state index contributed by atoms with van der Waals surface area (Å²) in [6.07, 6.45) is 6.82. The summed E-state index contributed by atoms with van der Waals surface area (Å²) < 4.78 is 1.76. The van der Waals surface area contributed by atoms with Crippen LogP contribution in [0, 0.1) is 5.92 Å². The van der Waals surface area contributed by atoms with Crippen LogP contribution in [0.1, 0.15) is 33.1 Å². The van der Waals surface area contributed by atoms with Crippen LogP contribution in [0.3, 0.4) is 0 Å². The van der Waals surface area contributed by atoms with Crippen molar-refractivity contribution in [2.24, 2.45) is 5.92 Å². The Hall–Kier alpha value is -1.03. The highest BCUT2D eigenvalue weighted by atomic mass is 35.5. The van der Waals surface area contributed by atoms with Gasteiger partial charge in [-0.25, -0.2) is 4.98 Å². The minimum absolute atomic E-state index is 0.00761. The Labute approximate surface area is 119 Å². The third-order valence-corrected chi connectivity index (χ3v) is 3.89. The molecular formula is C14H22ClN3O. The van der Waals surface area contributed by atoms with Gasteiger partial charge in [-0.1, -0.05) is 13.8 Å². The Kier molecular flexibility index (Phi) is 4.86. The quantitative estimate of drug-likeness (QED) is 0.797. The van der Waals surface area contributed by atoms with Crippen molar-refractivity contribution in [2.45, 2.75) is 45.7 Å². The monoisotopic (exact) mass is 283 g/mol. The maximum absolute atomic E-state index is 12.5. The molecule has 1 aromatic heterocycles. The summed E-state index contributed by atoms with van der Waals surface area (Å²) in [4.78, 5) is 18.9. The van der Waals surface area contributed by atoms with Gasteiger partial charge in [0.2, 0.25) is 0 Å². The number of alkyl halides is 1. The number of nitrogens with zero attached hydrogens (tertiary/aromatic N) is 3. The predicted molar refractivity (Wildman–Crippen MR) is 79.0 cm³/mol. The fourth-order valence-corrected chi connectivity index (χ4v) is 2.93. The lowest BCUT2D eigenvalue weighted by Gasteiger charge is -2.35. The van der Waals surface area contributed by atoms with Gasteiger partial charge in [-0.3, -0.25) is 4.79 Å². The van der Waals surface area contributed by atoms with Crippen LogP contribution < -0.4 is 10.5 Å². The second-order valence-corrected chi connectivity index (χ2v) is 5.91. The van der Waals surface area contributed by atoms with E-state index in [1.165, 1.54) is 6.42 Å². The number of piperidine rings is 1. The van der Waals surface area contributed by atoms with E-state index in [0.29, 0.717) is 17.6 Å². The molecular weight excluding hydrogens is 262 g/mol. The molecule has 0 radical (unpaired) electrons. The maximum Gasteiger partial charge on any atom is 0.293 e. The lowest BCUT2D eigenvalue weighted by atomic mass is 10.0. The summed E-state index contributed by atoms with van der Waals surface area (Å²) in [5.41, 5.74) is 0.00761. The Morgan fingerprint density at radius 2 is 2.26 bits per heavy atom. The highest BCUT2D eigenvalue weighted by Crippen LogP contribution is 2.21. The number of hydrogen-bond acceptors (Lipinski definition) is 3. The van der Waals surface area contributed by atoms with Crippen molar-refractivity contribution in [1.82, 2.24) is 9.55 Å². The third-order valence-electron chi connectivity index (χ3n) is 3.53. The molecule has 5 heteroatoms. The third kappa shape index (κ3) is 3.30. The molecule has 1 aliphatic heterocycles. The van der Waals surface area contributed by atoms with E-state index >= 15 is 0 Å². The standard InChI is InChI=1S/C14H22ClN3O/c1-11(2)10-17-8-6-16-13(14(17)19)18-7-4-3-5-12(18)9-15/h6,8,11-12H,3-5,7,9-10H2,1-2H3. The van der Waals surface area contributed by atoms with Gasteiger partial charge in [-0.2, -0.15) is 0 Å². The molecule has 0 spiro atoms. The molecule has 1 aromatic rings. The van der Waals surface area contributed by atoms with Gasteiger partial charge in [0.15, 0.2) is 5.82 Å². The van der Waals surface area contributed by atoms with Crippen LogP contribution in [0.5, 0.6) is 0 Å². The Morgan fingerprint density at radius 1 is 1.47 bits per heavy atom. The zero-order chi connectivity index (χ0) is 13.8. The van der Waals surface area contributed by atoms with Crippen molar-refractivity contribution in [1.29, 1.82) is 0 Å². The summed E-state index contributed by atoms with van der Waals surface area (Å²) in [7, 11) is 0. The van der Waals surface area contributed by atoms with Crippen molar-refractivity contribution in [3.63, 3.8) is 0 Å². The Morgan fingerprint density at radius 3 is 2.95 bits per heavy atom. The van der Waals surface area contributed by atoms with Gasteiger partial charge in [0.1, 0.15) is 0 Å². The zero-order valence-electron chi connectivity index (χ0n) is 11.7. The number of hydrogen-bond donors (Lipinski definition) is 0. The van der Waals surface area contributed by atoms with Gasteiger partial charge in [0.25, 0.3) is 5.56 Å². The maximum atomic E-state index is 12.5. The van der Waals surface area contributed by atoms with Gasteiger partial charge in [-0.05, 0) is 25.2 Å². The molecule has 2 heterocycles. The average molecular weight is 284 g/mol. The van der Waals surface area contributed by atoms with E-state index in [-0.39, 0.29) is 11.6 Å². The molecule has 1 unspecified atom stereocenters. The summed E-state index contributed by atoms with van der Waals surface area (Å²) in [5, 5.41) is 0. The van der Waals surface area contributed by atoms with E-state index in [4.69, 9.17) is 11.6 Å². The molecule has 0 aliphatic carbocycles. The fourth-order valence-electron chi connectivity index (χ4n) is 2.61. The van der Waals surface area contributed by atoms with Crippen molar-refractivity contribution in [3.8, 4) is 0 Å². The number of anilines is 1. The Bertz CT molecular complexity index is 472. The second-order valence-electron chi connectivity index (χ2n) is 5.60. The first-order chi connectivity index (χ1) is 9.13.